The lowest BCUT2D eigenvalue weighted by Crippen LogP contribution is -2.09. The van der Waals surface area contributed by atoms with Crippen LogP contribution in [0.4, 0.5) is 17.1 Å². The van der Waals surface area contributed by atoms with Gasteiger partial charge in [0, 0.05) is 51.1 Å². The molecular formula is C58H40N6. The number of hydrogen-bond donors (Lipinski definition) is 0. The lowest BCUT2D eigenvalue weighted by Gasteiger charge is -2.26. The Morgan fingerprint density at radius 2 is 0.672 bits per heavy atom. The van der Waals surface area contributed by atoms with Crippen molar-refractivity contribution < 1.29 is 0 Å². The largest absolute Gasteiger partial charge is 0.310 e. The average molecular weight is 821 g/mol. The molecule has 64 heavy (non-hydrogen) atoms. The molecule has 3 heterocycles. The number of aromatic nitrogens is 5. The normalized spacial score (nSPS) is 11.1. The van der Waals surface area contributed by atoms with E-state index in [2.05, 4.69) is 204 Å². The quantitative estimate of drug-likeness (QED) is 0.138. The van der Waals surface area contributed by atoms with E-state index in [4.69, 9.17) is 19.9 Å². The van der Waals surface area contributed by atoms with Crippen LogP contribution < -0.4 is 4.90 Å². The van der Waals surface area contributed by atoms with E-state index >= 15 is 0 Å². The van der Waals surface area contributed by atoms with Gasteiger partial charge in [0.15, 0.2) is 17.5 Å². The van der Waals surface area contributed by atoms with E-state index in [9.17, 15) is 0 Å². The Bertz CT molecular complexity index is 3330. The van der Waals surface area contributed by atoms with E-state index in [0.717, 1.165) is 78.6 Å². The molecule has 11 rings (SSSR count). The molecule has 0 saturated heterocycles. The van der Waals surface area contributed by atoms with Crippen molar-refractivity contribution in [1.29, 1.82) is 0 Å². The maximum atomic E-state index is 5.16. The zero-order chi connectivity index (χ0) is 42.7. The van der Waals surface area contributed by atoms with Crippen LogP contribution in [-0.2, 0) is 0 Å². The van der Waals surface area contributed by atoms with Gasteiger partial charge in [-0.2, -0.15) is 0 Å². The minimum Gasteiger partial charge on any atom is -0.310 e. The van der Waals surface area contributed by atoms with Crippen LogP contribution in [0.1, 0.15) is 0 Å². The first-order valence-electron chi connectivity index (χ1n) is 21.4. The minimum absolute atomic E-state index is 0.623. The Kier molecular flexibility index (Phi) is 10.1. The number of para-hydroxylation sites is 1. The summed E-state index contributed by atoms with van der Waals surface area (Å²) in [5.41, 5.74) is 15.5. The number of anilines is 3. The van der Waals surface area contributed by atoms with Crippen LogP contribution in [0.5, 0.6) is 0 Å². The first-order chi connectivity index (χ1) is 31.7. The smallest absolute Gasteiger partial charge is 0.164 e. The van der Waals surface area contributed by atoms with Crippen LogP contribution in [0.25, 0.3) is 84.6 Å². The molecule has 302 valence electrons. The molecule has 0 aliphatic heterocycles. The fourth-order valence-corrected chi connectivity index (χ4v) is 8.29. The Balaban J connectivity index is 0.912. The van der Waals surface area contributed by atoms with Gasteiger partial charge >= 0.3 is 0 Å². The number of fused-ring (bicyclic) bond motifs is 1. The van der Waals surface area contributed by atoms with E-state index < -0.39 is 0 Å². The summed E-state index contributed by atoms with van der Waals surface area (Å²) >= 11 is 0. The van der Waals surface area contributed by atoms with Gasteiger partial charge in [-0.1, -0.05) is 188 Å². The van der Waals surface area contributed by atoms with E-state index in [1.165, 1.54) is 5.56 Å². The summed E-state index contributed by atoms with van der Waals surface area (Å²) in [6.07, 6.45) is 2.08. The topological polar surface area (TPSA) is 59.2 Å². The van der Waals surface area contributed by atoms with Crippen LogP contribution in [0, 0.1) is 0 Å². The van der Waals surface area contributed by atoms with Gasteiger partial charge in [0.1, 0.15) is 5.65 Å². The Morgan fingerprint density at radius 1 is 0.281 bits per heavy atom. The zero-order valence-corrected chi connectivity index (χ0v) is 34.8. The van der Waals surface area contributed by atoms with E-state index in [1.54, 1.807) is 0 Å². The molecule has 6 heteroatoms. The molecule has 0 spiro atoms. The summed E-state index contributed by atoms with van der Waals surface area (Å²) in [4.78, 5) is 22.4. The maximum absolute atomic E-state index is 5.16. The highest BCUT2D eigenvalue weighted by Gasteiger charge is 2.19. The molecule has 0 unspecified atom stereocenters. The molecule has 0 aliphatic carbocycles. The summed E-state index contributed by atoms with van der Waals surface area (Å²) < 4.78 is 2.17. The second-order valence-corrected chi connectivity index (χ2v) is 15.6. The van der Waals surface area contributed by atoms with Crippen LogP contribution in [0.2, 0.25) is 0 Å². The molecule has 11 aromatic rings. The van der Waals surface area contributed by atoms with Gasteiger partial charge in [-0.15, -0.1) is 0 Å². The van der Waals surface area contributed by atoms with Gasteiger partial charge in [-0.05, 0) is 70.8 Å². The van der Waals surface area contributed by atoms with Gasteiger partial charge in [-0.25, -0.2) is 19.9 Å². The van der Waals surface area contributed by atoms with Crippen LogP contribution in [-0.4, -0.2) is 24.3 Å². The number of pyridine rings is 1. The van der Waals surface area contributed by atoms with Crippen LogP contribution in [0.3, 0.4) is 0 Å². The van der Waals surface area contributed by atoms with Crippen molar-refractivity contribution in [3.63, 3.8) is 0 Å². The van der Waals surface area contributed by atoms with Crippen molar-refractivity contribution >= 4 is 22.7 Å². The Hall–Kier alpha value is -8.74. The highest BCUT2D eigenvalue weighted by Crippen LogP contribution is 2.40. The van der Waals surface area contributed by atoms with Crippen molar-refractivity contribution in [1.82, 2.24) is 24.3 Å². The second kappa shape index (κ2) is 17.0. The van der Waals surface area contributed by atoms with E-state index in [1.807, 2.05) is 48.5 Å². The van der Waals surface area contributed by atoms with Gasteiger partial charge < -0.3 is 4.90 Å². The summed E-state index contributed by atoms with van der Waals surface area (Å²) in [6, 6.07) is 81.9. The standard InChI is InChI=1S/C58H40N6/c1-5-16-41(17-6-1)42-27-31-47(32-28-42)57-60-56(46-20-9-3-10-21-46)61-58(62-57)48-33-29-43(30-34-48)44-35-37-51(38-36-44)64(50-23-11-4-12-24-50)52-25-15-22-49(40-52)54-55(45-18-7-2-8-19-45)63-39-14-13-26-53(63)59-54/h1-40H. The molecule has 0 fully saturated rings. The second-order valence-electron chi connectivity index (χ2n) is 15.6. The van der Waals surface area contributed by atoms with E-state index in [0.29, 0.717) is 17.5 Å². The van der Waals surface area contributed by atoms with Crippen molar-refractivity contribution in [2.24, 2.45) is 0 Å². The fraction of sp³-hybridized carbons (Fsp3) is 0. The molecule has 0 N–H and O–H groups in total. The number of nitrogens with zero attached hydrogens (tertiary/aromatic N) is 6. The average Bonchev–Trinajstić information content (AvgIpc) is 3.78. The molecular weight excluding hydrogens is 781 g/mol. The predicted octanol–water partition coefficient (Wildman–Crippen LogP) is 14.7. The van der Waals surface area contributed by atoms with Crippen molar-refractivity contribution in [2.45, 2.75) is 0 Å². The highest BCUT2D eigenvalue weighted by atomic mass is 15.1. The van der Waals surface area contributed by atoms with Gasteiger partial charge in [0.25, 0.3) is 0 Å². The molecule has 0 aliphatic rings. The van der Waals surface area contributed by atoms with E-state index in [-0.39, 0.29) is 0 Å². The summed E-state index contributed by atoms with van der Waals surface area (Å²) in [5, 5.41) is 0. The number of imidazole rings is 1. The minimum atomic E-state index is 0.623. The summed E-state index contributed by atoms with van der Waals surface area (Å²) in [6.45, 7) is 0. The third kappa shape index (κ3) is 7.61. The number of benzene rings is 8. The Morgan fingerprint density at radius 3 is 1.23 bits per heavy atom. The van der Waals surface area contributed by atoms with Crippen LogP contribution >= 0.6 is 0 Å². The third-order valence-electron chi connectivity index (χ3n) is 11.5. The molecule has 3 aromatic heterocycles. The first-order valence-corrected chi connectivity index (χ1v) is 21.4. The number of hydrogen-bond acceptors (Lipinski definition) is 5. The fourth-order valence-electron chi connectivity index (χ4n) is 8.29. The monoisotopic (exact) mass is 820 g/mol. The molecule has 0 radical (unpaired) electrons. The Labute approximate surface area is 372 Å². The lowest BCUT2D eigenvalue weighted by atomic mass is 10.0. The summed E-state index contributed by atoms with van der Waals surface area (Å²) in [7, 11) is 0. The predicted molar refractivity (Wildman–Crippen MR) is 261 cm³/mol. The highest BCUT2D eigenvalue weighted by molar-refractivity contribution is 5.86. The zero-order valence-electron chi connectivity index (χ0n) is 34.8. The number of rotatable bonds is 10. The third-order valence-corrected chi connectivity index (χ3v) is 11.5. The van der Waals surface area contributed by atoms with Gasteiger partial charge in [0.2, 0.25) is 0 Å². The summed E-state index contributed by atoms with van der Waals surface area (Å²) in [5.74, 6) is 1.89. The molecule has 0 bridgehead atoms. The molecule has 0 amide bonds. The van der Waals surface area contributed by atoms with Crippen molar-refractivity contribution in [2.75, 3.05) is 4.90 Å². The molecule has 8 aromatic carbocycles. The van der Waals surface area contributed by atoms with Crippen molar-refractivity contribution in [3.8, 4) is 78.9 Å². The van der Waals surface area contributed by atoms with Gasteiger partial charge in [-0.3, -0.25) is 4.40 Å². The molecule has 6 nitrogen and oxygen atoms in total. The SMILES string of the molecule is c1ccc(-c2ccc(-c3nc(-c4ccccc4)nc(-c4ccc(-c5ccc(N(c6ccccc6)c6cccc(-c7nc8ccccn8c7-c7ccccc7)c6)cc5)cc4)n3)cc2)cc1. The van der Waals surface area contributed by atoms with Crippen molar-refractivity contribution in [3.05, 3.63) is 243 Å². The maximum Gasteiger partial charge on any atom is 0.164 e. The van der Waals surface area contributed by atoms with Crippen LogP contribution in [0.15, 0.2) is 243 Å². The first kappa shape index (κ1) is 38.2. The molecule has 0 saturated carbocycles. The molecule has 0 atom stereocenters. The lowest BCUT2D eigenvalue weighted by molar-refractivity contribution is 1.07. The van der Waals surface area contributed by atoms with Gasteiger partial charge in [0.05, 0.1) is 11.4 Å².